The van der Waals surface area contributed by atoms with Crippen LogP contribution in [0.3, 0.4) is 0 Å². The number of hydrogen-bond acceptors (Lipinski definition) is 4. The minimum absolute atomic E-state index is 0.790. The van der Waals surface area contributed by atoms with Gasteiger partial charge in [0, 0.05) is 26.2 Å². The van der Waals surface area contributed by atoms with E-state index in [4.69, 9.17) is 4.98 Å². The first-order valence-corrected chi connectivity index (χ1v) is 6.57. The van der Waals surface area contributed by atoms with E-state index in [0.29, 0.717) is 0 Å². The van der Waals surface area contributed by atoms with Crippen LogP contribution in [0, 0.1) is 11.8 Å². The van der Waals surface area contributed by atoms with Crippen LogP contribution in [-0.4, -0.2) is 36.1 Å². The van der Waals surface area contributed by atoms with Gasteiger partial charge < -0.3 is 10.2 Å². The molecule has 0 unspecified atom stereocenters. The van der Waals surface area contributed by atoms with Crippen LogP contribution in [0.1, 0.15) is 0 Å². The maximum Gasteiger partial charge on any atom is 0.147 e. The smallest absolute Gasteiger partial charge is 0.147 e. The number of benzene rings is 1. The summed E-state index contributed by atoms with van der Waals surface area (Å²) in [5, 5.41) is 3.46. The van der Waals surface area contributed by atoms with Crippen molar-refractivity contribution in [1.29, 1.82) is 0 Å². The molecule has 0 aliphatic carbocycles. The third-order valence-electron chi connectivity index (χ3n) is 4.15. The molecule has 4 heteroatoms. The van der Waals surface area contributed by atoms with E-state index >= 15 is 0 Å². The van der Waals surface area contributed by atoms with Gasteiger partial charge in [0.1, 0.15) is 5.82 Å². The lowest BCUT2D eigenvalue weighted by Crippen LogP contribution is -2.26. The van der Waals surface area contributed by atoms with Crippen molar-refractivity contribution < 1.29 is 0 Å². The second-order valence-electron chi connectivity index (χ2n) is 5.30. The Bertz CT molecular complexity index is 571. The van der Waals surface area contributed by atoms with Crippen molar-refractivity contribution in [1.82, 2.24) is 15.3 Å². The Balaban J connectivity index is 1.67. The summed E-state index contributed by atoms with van der Waals surface area (Å²) in [4.78, 5) is 11.6. The normalized spacial score (nSPS) is 26.8. The summed E-state index contributed by atoms with van der Waals surface area (Å²) in [6, 6.07) is 8.06. The highest BCUT2D eigenvalue weighted by atomic mass is 15.2. The number of rotatable bonds is 1. The summed E-state index contributed by atoms with van der Waals surface area (Å²) in [6.45, 7) is 4.54. The first-order valence-electron chi connectivity index (χ1n) is 6.57. The highest BCUT2D eigenvalue weighted by molar-refractivity contribution is 5.75. The molecule has 2 aliphatic rings. The molecule has 2 aliphatic heterocycles. The predicted octanol–water partition coefficient (Wildman–Crippen LogP) is 1.29. The number of aromatic nitrogens is 2. The van der Waals surface area contributed by atoms with Gasteiger partial charge in [-0.3, -0.25) is 4.98 Å². The fourth-order valence-corrected chi connectivity index (χ4v) is 3.14. The Kier molecular flexibility index (Phi) is 2.23. The molecule has 4 rings (SSSR count). The van der Waals surface area contributed by atoms with Crippen LogP contribution >= 0.6 is 0 Å². The van der Waals surface area contributed by atoms with Crippen LogP contribution in [-0.2, 0) is 0 Å². The quantitative estimate of drug-likeness (QED) is 0.815. The molecule has 0 radical (unpaired) electrons. The molecule has 1 aromatic carbocycles. The van der Waals surface area contributed by atoms with Crippen LogP contribution in [0.15, 0.2) is 30.5 Å². The zero-order chi connectivity index (χ0) is 11.9. The lowest BCUT2D eigenvalue weighted by atomic mass is 10.0. The Hall–Kier alpha value is -1.68. The van der Waals surface area contributed by atoms with Crippen molar-refractivity contribution in [2.24, 2.45) is 11.8 Å². The third-order valence-corrected chi connectivity index (χ3v) is 4.15. The van der Waals surface area contributed by atoms with Gasteiger partial charge in [-0.1, -0.05) is 12.1 Å². The van der Waals surface area contributed by atoms with E-state index in [-0.39, 0.29) is 0 Å². The van der Waals surface area contributed by atoms with E-state index in [2.05, 4.69) is 15.2 Å². The van der Waals surface area contributed by atoms with Gasteiger partial charge in [-0.15, -0.1) is 0 Å². The van der Waals surface area contributed by atoms with Gasteiger partial charge in [-0.2, -0.15) is 0 Å². The number of hydrogen-bond donors (Lipinski definition) is 1. The second kappa shape index (κ2) is 3.92. The number of anilines is 1. The summed E-state index contributed by atoms with van der Waals surface area (Å²) < 4.78 is 0. The molecule has 0 saturated carbocycles. The molecule has 0 spiro atoms. The first-order chi connectivity index (χ1) is 8.90. The average Bonchev–Trinajstić information content (AvgIpc) is 2.99. The van der Waals surface area contributed by atoms with Gasteiger partial charge in [-0.05, 0) is 24.0 Å². The van der Waals surface area contributed by atoms with Crippen molar-refractivity contribution >= 4 is 16.9 Å². The Morgan fingerprint density at radius 2 is 1.78 bits per heavy atom. The van der Waals surface area contributed by atoms with Crippen LogP contribution < -0.4 is 10.2 Å². The maximum absolute atomic E-state index is 4.73. The predicted molar refractivity (Wildman–Crippen MR) is 71.6 cm³/mol. The zero-order valence-corrected chi connectivity index (χ0v) is 10.2. The second-order valence-corrected chi connectivity index (χ2v) is 5.30. The lowest BCUT2D eigenvalue weighted by Gasteiger charge is -2.18. The van der Waals surface area contributed by atoms with Crippen LogP contribution in [0.5, 0.6) is 0 Å². The molecular weight excluding hydrogens is 224 g/mol. The minimum Gasteiger partial charge on any atom is -0.355 e. The molecule has 2 aromatic rings. The summed E-state index contributed by atoms with van der Waals surface area (Å²) in [6.07, 6.45) is 1.91. The average molecular weight is 240 g/mol. The molecule has 1 N–H and O–H groups in total. The standard InChI is InChI=1S/C14H16N4/c1-2-4-13-12(3-1)16-7-14(17-13)18-8-10-5-15-6-11(10)9-18/h1-4,7,10-11,15H,5-6,8-9H2/t10-,11+. The molecule has 0 amide bonds. The van der Waals surface area contributed by atoms with Gasteiger partial charge in [0.05, 0.1) is 17.2 Å². The highest BCUT2D eigenvalue weighted by Crippen LogP contribution is 2.29. The summed E-state index contributed by atoms with van der Waals surface area (Å²) in [5.74, 6) is 2.61. The number of fused-ring (bicyclic) bond motifs is 2. The minimum atomic E-state index is 0.790. The Labute approximate surface area is 106 Å². The van der Waals surface area contributed by atoms with E-state index in [1.165, 1.54) is 0 Å². The summed E-state index contributed by atoms with van der Waals surface area (Å²) >= 11 is 0. The highest BCUT2D eigenvalue weighted by Gasteiger charge is 2.36. The topological polar surface area (TPSA) is 41.1 Å². The molecule has 1 aromatic heterocycles. The summed E-state index contributed by atoms with van der Waals surface area (Å²) in [7, 11) is 0. The SMILES string of the molecule is c1ccc2nc(N3C[C@H]4CNC[C@H]4C3)cnc2c1. The number of para-hydroxylation sites is 2. The lowest BCUT2D eigenvalue weighted by molar-refractivity contribution is 0.533. The van der Waals surface area contributed by atoms with E-state index in [1.54, 1.807) is 0 Å². The van der Waals surface area contributed by atoms with E-state index in [1.807, 2.05) is 30.5 Å². The molecule has 18 heavy (non-hydrogen) atoms. The first kappa shape index (κ1) is 10.3. The molecule has 0 bridgehead atoms. The van der Waals surface area contributed by atoms with Crippen molar-refractivity contribution in [3.8, 4) is 0 Å². The maximum atomic E-state index is 4.73. The molecule has 2 saturated heterocycles. The number of nitrogens with one attached hydrogen (secondary N) is 1. The largest absolute Gasteiger partial charge is 0.355 e. The van der Waals surface area contributed by atoms with Crippen molar-refractivity contribution in [2.45, 2.75) is 0 Å². The van der Waals surface area contributed by atoms with Gasteiger partial charge in [-0.25, -0.2) is 4.98 Å². The van der Waals surface area contributed by atoms with E-state index < -0.39 is 0 Å². The fourth-order valence-electron chi connectivity index (χ4n) is 3.14. The Morgan fingerprint density at radius 3 is 2.56 bits per heavy atom. The molecule has 92 valence electrons. The Morgan fingerprint density at radius 1 is 1.06 bits per heavy atom. The van der Waals surface area contributed by atoms with Crippen LogP contribution in [0.25, 0.3) is 11.0 Å². The fraction of sp³-hybridized carbons (Fsp3) is 0.429. The zero-order valence-electron chi connectivity index (χ0n) is 10.2. The van der Waals surface area contributed by atoms with E-state index in [9.17, 15) is 0 Å². The van der Waals surface area contributed by atoms with Gasteiger partial charge >= 0.3 is 0 Å². The third kappa shape index (κ3) is 1.56. The molecule has 4 nitrogen and oxygen atoms in total. The van der Waals surface area contributed by atoms with Gasteiger partial charge in [0.2, 0.25) is 0 Å². The van der Waals surface area contributed by atoms with Crippen molar-refractivity contribution in [3.63, 3.8) is 0 Å². The van der Waals surface area contributed by atoms with Crippen molar-refractivity contribution in [3.05, 3.63) is 30.5 Å². The van der Waals surface area contributed by atoms with E-state index in [0.717, 1.165) is 54.9 Å². The van der Waals surface area contributed by atoms with Crippen LogP contribution in [0.4, 0.5) is 5.82 Å². The van der Waals surface area contributed by atoms with Gasteiger partial charge in [0.25, 0.3) is 0 Å². The van der Waals surface area contributed by atoms with Crippen LogP contribution in [0.2, 0.25) is 0 Å². The molecular formula is C14H16N4. The monoisotopic (exact) mass is 240 g/mol. The molecule has 2 fully saturated rings. The molecule has 3 heterocycles. The molecule has 2 atom stereocenters. The number of nitrogens with zero attached hydrogens (tertiary/aromatic N) is 3. The summed E-state index contributed by atoms with van der Waals surface area (Å²) in [5.41, 5.74) is 1.97. The van der Waals surface area contributed by atoms with Gasteiger partial charge in [0.15, 0.2) is 0 Å². The van der Waals surface area contributed by atoms with Crippen molar-refractivity contribution in [2.75, 3.05) is 31.1 Å².